The summed E-state index contributed by atoms with van der Waals surface area (Å²) in [6, 6.07) is 21.6. The average Bonchev–Trinajstić information content (AvgIpc) is 3.45. The summed E-state index contributed by atoms with van der Waals surface area (Å²) >= 11 is 5.80. The maximum atomic E-state index is 13.9. The number of rotatable bonds is 9. The molecule has 13 heteroatoms. The lowest BCUT2D eigenvalue weighted by molar-refractivity contribution is -0.746. The van der Waals surface area contributed by atoms with Crippen molar-refractivity contribution in [3.63, 3.8) is 0 Å². The van der Waals surface area contributed by atoms with Crippen LogP contribution in [0, 0.1) is 6.92 Å². The van der Waals surface area contributed by atoms with Gasteiger partial charge in [0.2, 0.25) is 17.1 Å². The molecule has 1 unspecified atom stereocenters. The fourth-order valence-electron chi connectivity index (χ4n) is 4.72. The highest BCUT2D eigenvalue weighted by molar-refractivity contribution is 7.80. The highest BCUT2D eigenvalue weighted by atomic mass is 32.1. The van der Waals surface area contributed by atoms with Crippen molar-refractivity contribution in [1.29, 1.82) is 0 Å². The van der Waals surface area contributed by atoms with Crippen LogP contribution in [0.4, 0.5) is 22.9 Å². The number of benzene rings is 3. The molecule has 0 bridgehead atoms. The molecule has 3 N–H and O–H groups in total. The Morgan fingerprint density at radius 2 is 1.57 bits per heavy atom. The van der Waals surface area contributed by atoms with Crippen molar-refractivity contribution in [2.75, 3.05) is 20.9 Å². The van der Waals surface area contributed by atoms with Gasteiger partial charge in [-0.2, -0.15) is 0 Å². The maximum Gasteiger partial charge on any atom is 0.307 e. The summed E-state index contributed by atoms with van der Waals surface area (Å²) < 4.78 is 6.86. The molecule has 0 spiro atoms. The van der Waals surface area contributed by atoms with E-state index in [4.69, 9.17) is 16.7 Å². The second kappa shape index (κ2) is 12.8. The summed E-state index contributed by atoms with van der Waals surface area (Å²) in [6.45, 7) is 3.36. The summed E-state index contributed by atoms with van der Waals surface area (Å²) in [5.41, 5.74) is 3.53. The number of aryl methyl sites for hydroxylation is 2. The molecule has 1 aliphatic heterocycles. The third-order valence-corrected chi connectivity index (χ3v) is 7.39. The van der Waals surface area contributed by atoms with Gasteiger partial charge in [0, 0.05) is 23.9 Å². The third kappa shape index (κ3) is 6.63. The van der Waals surface area contributed by atoms with Crippen molar-refractivity contribution in [2.45, 2.75) is 32.9 Å². The number of carbonyl (C=O) groups is 4. The molecule has 1 atom stereocenters. The number of thiocarbonyl (C=S) groups is 1. The molecule has 1 saturated heterocycles. The van der Waals surface area contributed by atoms with Gasteiger partial charge in [0.25, 0.3) is 17.5 Å². The van der Waals surface area contributed by atoms with Gasteiger partial charge in [0.15, 0.2) is 12.2 Å². The van der Waals surface area contributed by atoms with Gasteiger partial charge in [0.1, 0.15) is 12.6 Å². The smallest absolute Gasteiger partial charge is 0.307 e. The van der Waals surface area contributed by atoms with Gasteiger partial charge in [-0.3, -0.25) is 33.9 Å². The summed E-state index contributed by atoms with van der Waals surface area (Å²) in [6.07, 6.45) is -0.213. The van der Waals surface area contributed by atoms with Gasteiger partial charge >= 0.3 is 5.88 Å². The fourth-order valence-corrected chi connectivity index (χ4v) is 5.11. The van der Waals surface area contributed by atoms with Crippen molar-refractivity contribution in [2.24, 2.45) is 7.05 Å². The number of anilines is 4. The van der Waals surface area contributed by atoms with Gasteiger partial charge in [-0.1, -0.05) is 35.9 Å². The number of carbonyl (C=O) groups excluding carboxylic acids is 4. The summed E-state index contributed by atoms with van der Waals surface area (Å²) in [5.74, 6) is -1.30. The predicted octanol–water partition coefficient (Wildman–Crippen LogP) is 3.55. The van der Waals surface area contributed by atoms with Crippen LogP contribution in [0.2, 0.25) is 0 Å². The van der Waals surface area contributed by atoms with Crippen LogP contribution >= 0.6 is 12.2 Å². The number of aromatic nitrogens is 2. The van der Waals surface area contributed by atoms with E-state index in [0.717, 1.165) is 5.56 Å². The average molecular weight is 613 g/mol. The molecule has 0 saturated carbocycles. The van der Waals surface area contributed by atoms with Crippen LogP contribution in [0.3, 0.4) is 0 Å². The van der Waals surface area contributed by atoms with Crippen molar-refractivity contribution >= 4 is 63.9 Å². The SMILES string of the molecule is CC(=O)Nc1ccc(NC(=O)CC2C(=O)N(c3ccc(C)cc3)C(=S)N2Cc2c(NC(=O)c3ccccc3)on[n+]2C)cc1. The van der Waals surface area contributed by atoms with Crippen molar-refractivity contribution in [3.05, 3.63) is 95.7 Å². The van der Waals surface area contributed by atoms with E-state index < -0.39 is 17.9 Å². The molecule has 1 fully saturated rings. The van der Waals surface area contributed by atoms with Crippen LogP contribution in [-0.2, 0) is 28.0 Å². The summed E-state index contributed by atoms with van der Waals surface area (Å²) in [7, 11) is 1.64. The zero-order valence-electron chi connectivity index (χ0n) is 24.2. The van der Waals surface area contributed by atoms with E-state index >= 15 is 0 Å². The van der Waals surface area contributed by atoms with E-state index in [-0.39, 0.29) is 35.8 Å². The lowest BCUT2D eigenvalue weighted by atomic mass is 10.1. The van der Waals surface area contributed by atoms with Gasteiger partial charge < -0.3 is 15.5 Å². The number of amides is 4. The lowest BCUT2D eigenvalue weighted by Crippen LogP contribution is -2.43. The maximum absolute atomic E-state index is 13.9. The Balaban J connectivity index is 1.40. The van der Waals surface area contributed by atoms with Crippen molar-refractivity contribution in [1.82, 2.24) is 10.2 Å². The molecule has 0 radical (unpaired) electrons. The fraction of sp³-hybridized carbons (Fsp3) is 0.194. The minimum Gasteiger partial charge on any atom is -0.326 e. The Morgan fingerprint density at radius 1 is 0.932 bits per heavy atom. The van der Waals surface area contributed by atoms with E-state index in [2.05, 4.69) is 21.2 Å². The molecule has 0 aliphatic carbocycles. The molecule has 1 aliphatic rings. The Bertz CT molecular complexity index is 1720. The highest BCUT2D eigenvalue weighted by Gasteiger charge is 2.46. The third-order valence-electron chi connectivity index (χ3n) is 6.97. The topological polar surface area (TPSA) is 141 Å². The summed E-state index contributed by atoms with van der Waals surface area (Å²) in [5, 5.41) is 12.4. The molecule has 4 aromatic rings. The Morgan fingerprint density at radius 3 is 2.20 bits per heavy atom. The Hall–Kier alpha value is -5.43. The molecule has 224 valence electrons. The van der Waals surface area contributed by atoms with E-state index in [0.29, 0.717) is 28.3 Å². The van der Waals surface area contributed by atoms with Crippen LogP contribution in [-0.4, -0.2) is 45.0 Å². The van der Waals surface area contributed by atoms with Crippen LogP contribution < -0.4 is 25.5 Å². The van der Waals surface area contributed by atoms with Crippen LogP contribution in [0.1, 0.15) is 35.0 Å². The van der Waals surface area contributed by atoms with Gasteiger partial charge in [-0.25, -0.2) is 0 Å². The predicted molar refractivity (Wildman–Crippen MR) is 167 cm³/mol. The molecule has 2 heterocycles. The lowest BCUT2D eigenvalue weighted by Gasteiger charge is -2.22. The summed E-state index contributed by atoms with van der Waals surface area (Å²) in [4.78, 5) is 54.3. The van der Waals surface area contributed by atoms with E-state index in [9.17, 15) is 19.2 Å². The molecular weight excluding hydrogens is 582 g/mol. The number of nitrogens with zero attached hydrogens (tertiary/aromatic N) is 4. The van der Waals surface area contributed by atoms with Crippen LogP contribution in [0.15, 0.2) is 83.4 Å². The Kier molecular flexibility index (Phi) is 8.76. The number of hydrogen-bond acceptors (Lipinski definition) is 7. The van der Waals surface area contributed by atoms with Crippen molar-refractivity contribution in [3.8, 4) is 0 Å². The first kappa shape index (κ1) is 30.0. The van der Waals surface area contributed by atoms with Crippen LogP contribution in [0.25, 0.3) is 0 Å². The molecule has 44 heavy (non-hydrogen) atoms. The number of hydrogen-bond donors (Lipinski definition) is 3. The molecular formula is C31H30N7O5S+. The van der Waals surface area contributed by atoms with Gasteiger partial charge in [0.05, 0.1) is 12.1 Å². The quantitative estimate of drug-likeness (QED) is 0.193. The molecule has 1 aromatic heterocycles. The van der Waals surface area contributed by atoms with Crippen molar-refractivity contribution < 1.29 is 28.4 Å². The van der Waals surface area contributed by atoms with Gasteiger partial charge in [-0.05, 0) is 72.4 Å². The normalized spacial score (nSPS) is 14.5. The molecule has 3 aromatic carbocycles. The largest absolute Gasteiger partial charge is 0.326 e. The molecule has 12 nitrogen and oxygen atoms in total. The first-order valence-electron chi connectivity index (χ1n) is 13.7. The van der Waals surface area contributed by atoms with Crippen LogP contribution in [0.5, 0.6) is 0 Å². The monoisotopic (exact) mass is 612 g/mol. The molecule has 4 amide bonds. The standard InChI is InChI=1S/C31H29N7O5S/c1-19-9-15-24(16-10-19)38-30(42)25(17-27(40)33-23-13-11-22(12-14-23)32-20(2)39)37(31(38)44)18-26-29(43-35-36(26)3)34-28(41)21-7-5-4-6-8-21/h4-16,25,35H,17-18H2,1-3H3,(H,34,41)/p+1. The minimum atomic E-state index is -0.963. The molecule has 5 rings (SSSR count). The van der Waals surface area contributed by atoms with E-state index in [1.165, 1.54) is 16.5 Å². The zero-order valence-corrected chi connectivity index (χ0v) is 25.1. The second-order valence-corrected chi connectivity index (χ2v) is 10.6. The second-order valence-electron chi connectivity index (χ2n) is 10.2. The zero-order chi connectivity index (χ0) is 31.4. The Labute approximate surface area is 258 Å². The van der Waals surface area contributed by atoms with Gasteiger partial charge in [-0.15, -0.1) is 0 Å². The first-order chi connectivity index (χ1) is 21.1. The van der Waals surface area contributed by atoms with E-state index in [1.807, 2.05) is 19.1 Å². The highest BCUT2D eigenvalue weighted by Crippen LogP contribution is 2.30. The first-order valence-corrected chi connectivity index (χ1v) is 14.1. The minimum absolute atomic E-state index is 0.0146. The van der Waals surface area contributed by atoms with E-state index in [1.54, 1.807) is 78.7 Å². The number of nitrogens with one attached hydrogen (secondary N) is 3.